The number of nitrogens with zero attached hydrogens (tertiary/aromatic N) is 2. The minimum atomic E-state index is -1.62. The lowest BCUT2D eigenvalue weighted by atomic mass is 10.0. The van der Waals surface area contributed by atoms with Crippen molar-refractivity contribution in [3.05, 3.63) is 39.4 Å². The minimum Gasteiger partial charge on any atom is -0.477 e. The van der Waals surface area contributed by atoms with Crippen LogP contribution in [0.25, 0.3) is 10.9 Å². The summed E-state index contributed by atoms with van der Waals surface area (Å²) < 4.78 is 16.1. The van der Waals surface area contributed by atoms with Gasteiger partial charge in [-0.25, -0.2) is 14.0 Å². The van der Waals surface area contributed by atoms with Gasteiger partial charge in [-0.3, -0.25) is 4.79 Å². The molecule has 1 aliphatic carbocycles. The first kappa shape index (κ1) is 17.5. The monoisotopic (exact) mass is 375 g/mol. The number of anilines is 1. The van der Waals surface area contributed by atoms with Crippen molar-refractivity contribution < 1.29 is 24.2 Å². The summed E-state index contributed by atoms with van der Waals surface area (Å²) in [4.78, 5) is 37.9. The molecule has 0 amide bonds. The number of benzene rings is 1. The van der Waals surface area contributed by atoms with Gasteiger partial charge in [0.1, 0.15) is 17.1 Å². The van der Waals surface area contributed by atoms with Crippen LogP contribution >= 0.6 is 0 Å². The first-order valence-corrected chi connectivity index (χ1v) is 8.74. The van der Waals surface area contributed by atoms with Crippen LogP contribution in [0.3, 0.4) is 0 Å². The van der Waals surface area contributed by atoms with E-state index in [1.54, 1.807) is 0 Å². The topological polar surface area (TPSA) is 112 Å². The van der Waals surface area contributed by atoms with Crippen molar-refractivity contribution in [1.82, 2.24) is 9.88 Å². The molecule has 1 saturated carbocycles. The van der Waals surface area contributed by atoms with E-state index in [9.17, 15) is 29.0 Å². The normalized spacial score (nSPS) is 17.3. The van der Waals surface area contributed by atoms with Crippen LogP contribution < -0.4 is 15.6 Å². The third-order valence-corrected chi connectivity index (χ3v) is 5.06. The van der Waals surface area contributed by atoms with E-state index < -0.39 is 34.4 Å². The van der Waals surface area contributed by atoms with E-state index >= 15 is 0 Å². The Hall–Kier alpha value is -2.94. The number of carboxylic acid groups (broad SMARTS) is 2. The van der Waals surface area contributed by atoms with Crippen LogP contribution in [0.2, 0.25) is 0 Å². The maximum atomic E-state index is 14.8. The van der Waals surface area contributed by atoms with Crippen molar-refractivity contribution in [3.63, 3.8) is 0 Å². The van der Waals surface area contributed by atoms with Crippen molar-refractivity contribution in [2.75, 3.05) is 31.1 Å². The van der Waals surface area contributed by atoms with E-state index in [1.165, 1.54) is 10.6 Å². The fourth-order valence-corrected chi connectivity index (χ4v) is 3.68. The predicted octanol–water partition coefficient (Wildman–Crippen LogP) is 1.28. The maximum absolute atomic E-state index is 14.8. The number of halogens is 1. The average molecular weight is 375 g/mol. The number of aromatic nitrogens is 1. The Morgan fingerprint density at radius 1 is 1.11 bits per heavy atom. The summed E-state index contributed by atoms with van der Waals surface area (Å²) in [6.45, 7) is 2.53. The SMILES string of the molecule is O=C(O)c1c(C(=O)O)n(C2CC2)c2cc(N3CCNCC3)c(F)cc2c1=O. The molecular formula is C18H18FN3O5. The molecule has 0 radical (unpaired) electrons. The molecule has 2 heterocycles. The number of hydrogen-bond donors (Lipinski definition) is 3. The molecule has 1 aromatic heterocycles. The molecule has 142 valence electrons. The summed E-state index contributed by atoms with van der Waals surface area (Å²) in [6, 6.07) is 2.30. The Morgan fingerprint density at radius 2 is 1.78 bits per heavy atom. The number of fused-ring (bicyclic) bond motifs is 1. The molecule has 2 fully saturated rings. The van der Waals surface area contributed by atoms with Gasteiger partial charge in [-0.2, -0.15) is 0 Å². The van der Waals surface area contributed by atoms with Crippen molar-refractivity contribution >= 4 is 28.5 Å². The van der Waals surface area contributed by atoms with Gasteiger partial charge < -0.3 is 25.0 Å². The highest BCUT2D eigenvalue weighted by atomic mass is 19.1. The van der Waals surface area contributed by atoms with Gasteiger partial charge in [0, 0.05) is 37.6 Å². The fraction of sp³-hybridized carbons (Fsp3) is 0.389. The van der Waals surface area contributed by atoms with Crippen LogP contribution in [-0.2, 0) is 0 Å². The zero-order chi connectivity index (χ0) is 19.3. The maximum Gasteiger partial charge on any atom is 0.353 e. The highest BCUT2D eigenvalue weighted by Gasteiger charge is 2.34. The number of rotatable bonds is 4. The number of pyridine rings is 1. The minimum absolute atomic E-state index is 0.110. The van der Waals surface area contributed by atoms with Crippen LogP contribution in [0.4, 0.5) is 10.1 Å². The fourth-order valence-electron chi connectivity index (χ4n) is 3.68. The number of hydrogen-bond acceptors (Lipinski definition) is 5. The standard InChI is InChI=1S/C18H18FN3O5/c19-11-7-10-12(8-13(11)21-5-3-20-4-6-21)22(9-1-2-9)15(18(26)27)14(16(10)23)17(24)25/h7-9,20H,1-6H2,(H,24,25)(H,26,27). The smallest absolute Gasteiger partial charge is 0.353 e. The largest absolute Gasteiger partial charge is 0.477 e. The molecule has 0 atom stereocenters. The van der Waals surface area contributed by atoms with Crippen molar-refractivity contribution in [2.24, 2.45) is 0 Å². The molecule has 2 aliphatic rings. The van der Waals surface area contributed by atoms with Gasteiger partial charge in [0.05, 0.1) is 11.2 Å². The first-order chi connectivity index (χ1) is 12.9. The second kappa shape index (κ2) is 6.34. The highest BCUT2D eigenvalue weighted by Crippen LogP contribution is 2.40. The van der Waals surface area contributed by atoms with Gasteiger partial charge in [-0.05, 0) is 25.0 Å². The Morgan fingerprint density at radius 3 is 2.33 bits per heavy atom. The summed E-state index contributed by atoms with van der Waals surface area (Å²) in [5.41, 5.74) is -1.79. The van der Waals surface area contributed by atoms with Gasteiger partial charge >= 0.3 is 11.9 Å². The molecule has 8 nitrogen and oxygen atoms in total. The molecule has 1 saturated heterocycles. The van der Waals surface area contributed by atoms with Gasteiger partial charge in [-0.1, -0.05) is 0 Å². The molecule has 3 N–H and O–H groups in total. The van der Waals surface area contributed by atoms with Crippen LogP contribution in [0.15, 0.2) is 16.9 Å². The molecule has 2 aromatic rings. The predicted molar refractivity (Wildman–Crippen MR) is 95.4 cm³/mol. The number of nitrogens with one attached hydrogen (secondary N) is 1. The second-order valence-electron chi connectivity index (χ2n) is 6.82. The van der Waals surface area contributed by atoms with E-state index in [2.05, 4.69) is 5.32 Å². The van der Waals surface area contributed by atoms with Crippen molar-refractivity contribution in [1.29, 1.82) is 0 Å². The van der Waals surface area contributed by atoms with E-state index in [0.717, 1.165) is 6.07 Å². The van der Waals surface area contributed by atoms with Gasteiger partial charge in [0.15, 0.2) is 0 Å². The van der Waals surface area contributed by atoms with Crippen molar-refractivity contribution in [3.8, 4) is 0 Å². The molecule has 1 aromatic carbocycles. The zero-order valence-electron chi connectivity index (χ0n) is 14.4. The molecule has 1 aliphatic heterocycles. The third kappa shape index (κ3) is 2.84. The highest BCUT2D eigenvalue weighted by molar-refractivity contribution is 6.04. The number of aromatic carboxylic acids is 2. The quantitative estimate of drug-likeness (QED) is 0.738. The Balaban J connectivity index is 2.07. The average Bonchev–Trinajstić information content (AvgIpc) is 3.46. The number of carbonyl (C=O) groups is 2. The zero-order valence-corrected chi connectivity index (χ0v) is 14.4. The van der Waals surface area contributed by atoms with Crippen LogP contribution in [-0.4, -0.2) is 52.9 Å². The molecular weight excluding hydrogens is 357 g/mol. The third-order valence-electron chi connectivity index (χ3n) is 5.06. The van der Waals surface area contributed by atoms with Crippen molar-refractivity contribution in [2.45, 2.75) is 18.9 Å². The molecule has 9 heteroatoms. The summed E-state index contributed by atoms with van der Waals surface area (Å²) in [7, 11) is 0. The Kier molecular flexibility index (Phi) is 4.11. The lowest BCUT2D eigenvalue weighted by Gasteiger charge is -2.30. The van der Waals surface area contributed by atoms with Gasteiger partial charge in [0.2, 0.25) is 5.43 Å². The van der Waals surface area contributed by atoms with Crippen LogP contribution in [0.1, 0.15) is 39.7 Å². The van der Waals surface area contributed by atoms with E-state index in [0.29, 0.717) is 39.0 Å². The number of piperazine rings is 1. The van der Waals surface area contributed by atoms with Crippen LogP contribution in [0, 0.1) is 5.82 Å². The Bertz CT molecular complexity index is 1020. The van der Waals surface area contributed by atoms with Gasteiger partial charge in [-0.15, -0.1) is 0 Å². The molecule has 4 rings (SSSR count). The van der Waals surface area contributed by atoms with E-state index in [1.807, 2.05) is 4.90 Å². The number of carboxylic acids is 2. The molecule has 0 bridgehead atoms. The van der Waals surface area contributed by atoms with E-state index in [-0.39, 0.29) is 22.6 Å². The summed E-state index contributed by atoms with van der Waals surface area (Å²) in [5, 5.41) is 22.1. The van der Waals surface area contributed by atoms with Gasteiger partial charge in [0.25, 0.3) is 0 Å². The van der Waals surface area contributed by atoms with E-state index in [4.69, 9.17) is 0 Å². The molecule has 0 unspecified atom stereocenters. The second-order valence-corrected chi connectivity index (χ2v) is 6.82. The lowest BCUT2D eigenvalue weighted by molar-refractivity contribution is 0.0640. The summed E-state index contributed by atoms with van der Waals surface area (Å²) >= 11 is 0. The Labute approximate surface area is 152 Å². The lowest BCUT2D eigenvalue weighted by Crippen LogP contribution is -2.44. The molecule has 0 spiro atoms. The molecule has 27 heavy (non-hydrogen) atoms. The summed E-state index contributed by atoms with van der Waals surface area (Å²) in [6.07, 6.45) is 1.36. The van der Waals surface area contributed by atoms with Crippen LogP contribution in [0.5, 0.6) is 0 Å². The first-order valence-electron chi connectivity index (χ1n) is 8.74. The summed E-state index contributed by atoms with van der Waals surface area (Å²) in [5.74, 6) is -3.73.